The molecule has 0 unspecified atom stereocenters. The highest BCUT2D eigenvalue weighted by atomic mass is 16.4. The monoisotopic (exact) mass is 211 g/mol. The van der Waals surface area contributed by atoms with Crippen molar-refractivity contribution in [3.63, 3.8) is 0 Å². The third-order valence-corrected chi connectivity index (χ3v) is 2.15. The zero-order valence-corrected chi connectivity index (χ0v) is 8.43. The average molecular weight is 211 g/mol. The van der Waals surface area contributed by atoms with Crippen LogP contribution in [0.15, 0.2) is 12.3 Å². The molecule has 0 aliphatic carbocycles. The molecule has 0 aliphatic rings. The Morgan fingerprint density at radius 3 is 2.47 bits per heavy atom. The minimum Gasteiger partial charge on any atom is -0.478 e. The van der Waals surface area contributed by atoms with E-state index in [1.165, 1.54) is 16.8 Å². The molecule has 0 atom stereocenters. The fourth-order valence-corrected chi connectivity index (χ4v) is 1.40. The van der Waals surface area contributed by atoms with E-state index in [4.69, 9.17) is 10.2 Å². The van der Waals surface area contributed by atoms with Crippen LogP contribution in [0.3, 0.4) is 0 Å². The topological polar surface area (TPSA) is 79.5 Å². The van der Waals surface area contributed by atoms with Crippen molar-refractivity contribution in [2.24, 2.45) is 0 Å². The van der Waals surface area contributed by atoms with Gasteiger partial charge in [-0.25, -0.2) is 9.59 Å². The second-order valence-electron chi connectivity index (χ2n) is 3.24. The van der Waals surface area contributed by atoms with Gasteiger partial charge in [0.2, 0.25) is 0 Å². The van der Waals surface area contributed by atoms with Gasteiger partial charge < -0.3 is 14.8 Å². The molecule has 0 bridgehead atoms. The van der Waals surface area contributed by atoms with Gasteiger partial charge in [0.1, 0.15) is 5.69 Å². The summed E-state index contributed by atoms with van der Waals surface area (Å²) < 4.78 is 1.47. The van der Waals surface area contributed by atoms with Crippen LogP contribution in [-0.4, -0.2) is 26.7 Å². The first-order valence-electron chi connectivity index (χ1n) is 4.73. The smallest absolute Gasteiger partial charge is 0.353 e. The molecule has 5 heteroatoms. The van der Waals surface area contributed by atoms with Crippen LogP contribution in [0, 0.1) is 0 Å². The fourth-order valence-electron chi connectivity index (χ4n) is 1.40. The van der Waals surface area contributed by atoms with Crippen molar-refractivity contribution in [2.45, 2.75) is 26.3 Å². The number of aromatic carboxylic acids is 2. The second kappa shape index (κ2) is 4.63. The quantitative estimate of drug-likeness (QED) is 0.776. The first-order chi connectivity index (χ1) is 7.07. The van der Waals surface area contributed by atoms with Gasteiger partial charge in [0.05, 0.1) is 5.56 Å². The third-order valence-electron chi connectivity index (χ3n) is 2.15. The first-order valence-corrected chi connectivity index (χ1v) is 4.73. The number of rotatable bonds is 5. The number of hydrogen-bond acceptors (Lipinski definition) is 2. The standard InChI is InChI=1S/C10H13NO4/c1-2-3-5-11-6-4-7(9(12)13)8(11)10(14)15/h4,6H,2-3,5H2,1H3,(H,12,13)(H,14,15). The minimum atomic E-state index is -1.21. The number of unbranched alkanes of at least 4 members (excludes halogenated alkanes) is 1. The summed E-state index contributed by atoms with van der Waals surface area (Å²) in [5, 5.41) is 17.7. The van der Waals surface area contributed by atoms with Crippen LogP contribution in [0.1, 0.15) is 40.6 Å². The lowest BCUT2D eigenvalue weighted by Gasteiger charge is -2.05. The summed E-state index contributed by atoms with van der Waals surface area (Å²) in [6, 6.07) is 1.32. The van der Waals surface area contributed by atoms with Gasteiger partial charge in [0, 0.05) is 12.7 Å². The van der Waals surface area contributed by atoms with Crippen LogP contribution in [0.25, 0.3) is 0 Å². The number of carbonyl (C=O) groups is 2. The Hall–Kier alpha value is -1.78. The van der Waals surface area contributed by atoms with E-state index < -0.39 is 11.9 Å². The van der Waals surface area contributed by atoms with E-state index >= 15 is 0 Å². The van der Waals surface area contributed by atoms with E-state index in [9.17, 15) is 9.59 Å². The van der Waals surface area contributed by atoms with E-state index in [1.54, 1.807) is 0 Å². The number of nitrogens with zero attached hydrogens (tertiary/aromatic N) is 1. The molecule has 0 saturated carbocycles. The Morgan fingerprint density at radius 1 is 1.33 bits per heavy atom. The van der Waals surface area contributed by atoms with E-state index in [-0.39, 0.29) is 11.3 Å². The Morgan fingerprint density at radius 2 is 2.00 bits per heavy atom. The van der Waals surface area contributed by atoms with E-state index in [2.05, 4.69) is 0 Å². The highest BCUT2D eigenvalue weighted by molar-refractivity contribution is 6.00. The Kier molecular flexibility index (Phi) is 3.49. The largest absolute Gasteiger partial charge is 0.478 e. The fraction of sp³-hybridized carbons (Fsp3) is 0.400. The summed E-state index contributed by atoms with van der Waals surface area (Å²) in [5.74, 6) is -2.41. The molecular formula is C10H13NO4. The third kappa shape index (κ3) is 2.37. The number of carboxylic acids is 2. The number of aryl methyl sites for hydroxylation is 1. The van der Waals surface area contributed by atoms with Crippen molar-refractivity contribution in [1.82, 2.24) is 4.57 Å². The Labute approximate surface area is 87.0 Å². The molecule has 0 radical (unpaired) electrons. The molecule has 15 heavy (non-hydrogen) atoms. The van der Waals surface area contributed by atoms with Gasteiger partial charge in [-0.05, 0) is 12.5 Å². The zero-order valence-electron chi connectivity index (χ0n) is 8.43. The normalized spacial score (nSPS) is 10.2. The van der Waals surface area contributed by atoms with Gasteiger partial charge in [0.25, 0.3) is 0 Å². The van der Waals surface area contributed by atoms with Crippen LogP contribution in [-0.2, 0) is 6.54 Å². The lowest BCUT2D eigenvalue weighted by Crippen LogP contribution is -2.12. The molecule has 1 aromatic rings. The maximum Gasteiger partial charge on any atom is 0.353 e. The van der Waals surface area contributed by atoms with Crippen molar-refractivity contribution in [3.05, 3.63) is 23.5 Å². The molecule has 0 aliphatic heterocycles. The summed E-state index contributed by atoms with van der Waals surface area (Å²) in [5.41, 5.74) is -0.297. The summed E-state index contributed by atoms with van der Waals surface area (Å²) in [4.78, 5) is 21.6. The number of carboxylic acid groups (broad SMARTS) is 2. The maximum absolute atomic E-state index is 10.9. The highest BCUT2D eigenvalue weighted by Crippen LogP contribution is 2.12. The van der Waals surface area contributed by atoms with Crippen LogP contribution in [0.2, 0.25) is 0 Å². The molecule has 0 fully saturated rings. The van der Waals surface area contributed by atoms with Gasteiger partial charge >= 0.3 is 11.9 Å². The van der Waals surface area contributed by atoms with Gasteiger partial charge in [-0.2, -0.15) is 0 Å². The molecule has 1 aromatic heterocycles. The zero-order chi connectivity index (χ0) is 11.4. The molecule has 5 nitrogen and oxygen atoms in total. The van der Waals surface area contributed by atoms with Crippen molar-refractivity contribution in [3.8, 4) is 0 Å². The van der Waals surface area contributed by atoms with Gasteiger partial charge in [0.15, 0.2) is 0 Å². The van der Waals surface area contributed by atoms with E-state index in [0.717, 1.165) is 12.8 Å². The van der Waals surface area contributed by atoms with Gasteiger partial charge in [-0.1, -0.05) is 13.3 Å². The molecule has 1 rings (SSSR count). The summed E-state index contributed by atoms with van der Waals surface area (Å²) >= 11 is 0. The first kappa shape index (κ1) is 11.3. The number of hydrogen-bond donors (Lipinski definition) is 2. The number of aromatic nitrogens is 1. The van der Waals surface area contributed by atoms with E-state index in [0.29, 0.717) is 6.54 Å². The SMILES string of the molecule is CCCCn1ccc(C(=O)O)c1C(=O)O. The lowest BCUT2D eigenvalue weighted by molar-refractivity contribution is 0.0643. The van der Waals surface area contributed by atoms with Crippen LogP contribution < -0.4 is 0 Å². The summed E-state index contributed by atoms with van der Waals surface area (Å²) in [6.07, 6.45) is 3.26. The minimum absolute atomic E-state index is 0.143. The predicted octanol–water partition coefficient (Wildman–Crippen LogP) is 1.68. The highest BCUT2D eigenvalue weighted by Gasteiger charge is 2.20. The van der Waals surface area contributed by atoms with Crippen molar-refractivity contribution >= 4 is 11.9 Å². The van der Waals surface area contributed by atoms with Crippen molar-refractivity contribution < 1.29 is 19.8 Å². The molecule has 0 saturated heterocycles. The second-order valence-corrected chi connectivity index (χ2v) is 3.24. The predicted molar refractivity (Wildman–Crippen MR) is 53.3 cm³/mol. The lowest BCUT2D eigenvalue weighted by atomic mass is 10.2. The van der Waals surface area contributed by atoms with E-state index in [1.807, 2.05) is 6.92 Å². The van der Waals surface area contributed by atoms with Gasteiger partial charge in [-0.15, -0.1) is 0 Å². The Bertz CT molecular complexity index is 381. The molecular weight excluding hydrogens is 198 g/mol. The molecule has 2 N–H and O–H groups in total. The van der Waals surface area contributed by atoms with Crippen LogP contribution in [0.4, 0.5) is 0 Å². The average Bonchev–Trinajstić information content (AvgIpc) is 2.58. The van der Waals surface area contributed by atoms with Crippen LogP contribution >= 0.6 is 0 Å². The summed E-state index contributed by atoms with van der Waals surface area (Å²) in [7, 11) is 0. The Balaban J connectivity index is 3.06. The molecule has 82 valence electrons. The molecule has 0 spiro atoms. The molecule has 0 aromatic carbocycles. The summed E-state index contributed by atoms with van der Waals surface area (Å²) in [6.45, 7) is 2.52. The van der Waals surface area contributed by atoms with Crippen molar-refractivity contribution in [1.29, 1.82) is 0 Å². The molecule has 1 heterocycles. The van der Waals surface area contributed by atoms with Crippen LogP contribution in [0.5, 0.6) is 0 Å². The van der Waals surface area contributed by atoms with Crippen molar-refractivity contribution in [2.75, 3.05) is 0 Å². The molecule has 0 amide bonds. The van der Waals surface area contributed by atoms with Gasteiger partial charge in [-0.3, -0.25) is 0 Å². The maximum atomic E-state index is 10.9.